The highest BCUT2D eigenvalue weighted by Crippen LogP contribution is 2.22. The average molecular weight is 798 g/mol. The van der Waals surface area contributed by atoms with Crippen molar-refractivity contribution in [3.05, 3.63) is 35.9 Å². The van der Waals surface area contributed by atoms with E-state index >= 15 is 0 Å². The smallest absolute Gasteiger partial charge is 0.329 e. The largest absolute Gasteiger partial charge is 0.458 e. The second kappa shape index (κ2) is 20.1. The summed E-state index contributed by atoms with van der Waals surface area (Å²) in [5.41, 5.74) is 0.740. The van der Waals surface area contributed by atoms with Crippen molar-refractivity contribution >= 4 is 64.6 Å². The van der Waals surface area contributed by atoms with E-state index in [0.29, 0.717) is 0 Å². The molecule has 8 atom stereocenters. The zero-order chi connectivity index (χ0) is 41.4. The number of benzene rings is 1. The normalized spacial score (nSPS) is 26.6. The fourth-order valence-corrected chi connectivity index (χ4v) is 6.22. The van der Waals surface area contributed by atoms with Crippen LogP contribution < -0.4 is 10.6 Å². The fraction of sp³-hybridized carbons (Fsp3) is 0.658. The maximum Gasteiger partial charge on any atom is 0.329 e. The highest BCUT2D eigenvalue weighted by atomic mass is 35.5. The van der Waals surface area contributed by atoms with Crippen molar-refractivity contribution in [3.8, 4) is 0 Å². The number of hydrogen-bond donors (Lipinski definition) is 2. The first-order valence-electron chi connectivity index (χ1n) is 18.2. The first kappa shape index (κ1) is 46.2. The molecule has 0 bridgehead atoms. The molecular weight excluding hydrogens is 739 g/mol. The SMILES string of the molecule is CC(C)[C@@H]1NC(=O)[C@H](Cc2ccccc2)N(C)C(=O)[C@H](C)N(C)C(=O)[C@@H](C(C)C)NC(=O)[C@H](C)N(C)C(=O)[C@@H](N(C)C(=O)C[C@H](C)C(Cl)Cl)[C@@H](C)OC1=O. The second-order valence-corrected chi connectivity index (χ2v) is 16.1. The van der Waals surface area contributed by atoms with E-state index < -0.39 is 106 Å². The van der Waals surface area contributed by atoms with Gasteiger partial charge in [0.15, 0.2) is 0 Å². The van der Waals surface area contributed by atoms with Gasteiger partial charge in [0.2, 0.25) is 35.4 Å². The number of rotatable bonds is 8. The molecule has 14 nitrogen and oxygen atoms in total. The van der Waals surface area contributed by atoms with E-state index in [1.54, 1.807) is 58.9 Å². The van der Waals surface area contributed by atoms with Crippen LogP contribution >= 0.6 is 23.2 Å². The molecule has 1 saturated heterocycles. The first-order chi connectivity index (χ1) is 25.0. The number of ether oxygens (including phenoxy) is 1. The summed E-state index contributed by atoms with van der Waals surface area (Å²) < 4.78 is 5.87. The number of cyclic esters (lactones) is 1. The van der Waals surface area contributed by atoms with Gasteiger partial charge in [0.1, 0.15) is 47.2 Å². The molecule has 0 spiro atoms. The Morgan fingerprint density at radius 2 is 1.28 bits per heavy atom. The molecule has 0 aromatic heterocycles. The zero-order valence-electron chi connectivity index (χ0n) is 33.5. The monoisotopic (exact) mass is 796 g/mol. The maximum atomic E-state index is 14.3. The van der Waals surface area contributed by atoms with Crippen LogP contribution in [0, 0.1) is 17.8 Å². The van der Waals surface area contributed by atoms with Gasteiger partial charge < -0.3 is 35.0 Å². The molecular formula is C38H58Cl2N6O8. The van der Waals surface area contributed by atoms with Gasteiger partial charge in [-0.05, 0) is 44.1 Å². The quantitative estimate of drug-likeness (QED) is 0.300. The van der Waals surface area contributed by atoms with Gasteiger partial charge in [0, 0.05) is 41.0 Å². The van der Waals surface area contributed by atoms with Crippen molar-refractivity contribution in [2.24, 2.45) is 17.8 Å². The molecule has 54 heavy (non-hydrogen) atoms. The lowest BCUT2D eigenvalue weighted by atomic mass is 10.00. The van der Waals surface area contributed by atoms with E-state index in [2.05, 4.69) is 10.6 Å². The van der Waals surface area contributed by atoms with Crippen LogP contribution in [0.2, 0.25) is 0 Å². The molecule has 302 valence electrons. The van der Waals surface area contributed by atoms with Crippen LogP contribution in [0.4, 0.5) is 0 Å². The summed E-state index contributed by atoms with van der Waals surface area (Å²) in [6.07, 6.45) is -1.33. The average Bonchev–Trinajstić information content (AvgIpc) is 3.11. The molecule has 1 aliphatic heterocycles. The number of carbonyl (C=O) groups excluding carboxylic acids is 7. The molecule has 1 aromatic carbocycles. The number of halogens is 2. The minimum atomic E-state index is -1.42. The number of esters is 1. The Hall–Kier alpha value is -3.91. The van der Waals surface area contributed by atoms with Gasteiger partial charge in [-0.2, -0.15) is 0 Å². The predicted octanol–water partition coefficient (Wildman–Crippen LogP) is 2.63. The number of nitrogens with zero attached hydrogens (tertiary/aromatic N) is 4. The van der Waals surface area contributed by atoms with Crippen LogP contribution in [0.5, 0.6) is 0 Å². The highest BCUT2D eigenvalue weighted by Gasteiger charge is 2.42. The summed E-state index contributed by atoms with van der Waals surface area (Å²) in [4.78, 5) is 101. The van der Waals surface area contributed by atoms with E-state index in [0.717, 1.165) is 15.4 Å². The van der Waals surface area contributed by atoms with Crippen LogP contribution in [0.25, 0.3) is 0 Å². The van der Waals surface area contributed by atoms with E-state index in [9.17, 15) is 33.6 Å². The summed E-state index contributed by atoms with van der Waals surface area (Å²) in [5, 5.41) is 5.51. The first-order valence-corrected chi connectivity index (χ1v) is 19.1. The number of likely N-dealkylation sites (N-methyl/N-ethyl adjacent to an activating group) is 4. The zero-order valence-corrected chi connectivity index (χ0v) is 35.0. The number of carbonyl (C=O) groups is 7. The third-order valence-electron chi connectivity index (χ3n) is 10.2. The van der Waals surface area contributed by atoms with Crippen molar-refractivity contribution in [1.29, 1.82) is 0 Å². The van der Waals surface area contributed by atoms with Crippen LogP contribution in [0.15, 0.2) is 30.3 Å². The number of alkyl halides is 2. The van der Waals surface area contributed by atoms with E-state index in [1.807, 2.05) is 6.07 Å². The minimum absolute atomic E-state index is 0.0812. The minimum Gasteiger partial charge on any atom is -0.458 e. The van der Waals surface area contributed by atoms with Crippen LogP contribution in [0.3, 0.4) is 0 Å². The molecule has 0 unspecified atom stereocenters. The Morgan fingerprint density at radius 1 is 0.759 bits per heavy atom. The van der Waals surface area contributed by atoms with Crippen molar-refractivity contribution in [1.82, 2.24) is 30.2 Å². The lowest BCUT2D eigenvalue weighted by Crippen LogP contribution is -2.60. The molecule has 1 heterocycles. The molecule has 1 aromatic rings. The number of nitrogens with one attached hydrogen (secondary N) is 2. The lowest BCUT2D eigenvalue weighted by molar-refractivity contribution is -0.164. The van der Waals surface area contributed by atoms with Crippen molar-refractivity contribution in [2.45, 2.75) is 115 Å². The third-order valence-corrected chi connectivity index (χ3v) is 11.0. The Bertz CT molecular complexity index is 1510. The standard InChI is InChI=1S/C38H58Cl2N6O8/c1-20(2)29-36(51)44(10)24(7)35(50)45(11)27(19-26-16-14-13-15-17-26)34(49)42-30(21(3)4)38(53)54-25(8)31(37(52)43(9)23(6)33(48)41-29)46(12)28(47)18-22(5)32(39)40/h13-17,20-25,27,29-32H,18-19H2,1-12H3,(H,41,48)(H,42,49)/t22-,23-,24-,25+,27-,29+,30-,31-/m0/s1. The van der Waals surface area contributed by atoms with Gasteiger partial charge in [-0.15, -0.1) is 23.2 Å². The topological polar surface area (TPSA) is 166 Å². The van der Waals surface area contributed by atoms with Gasteiger partial charge in [-0.1, -0.05) is 65.0 Å². The molecule has 2 rings (SSSR count). The van der Waals surface area contributed by atoms with E-state index in [-0.39, 0.29) is 12.8 Å². The Balaban J connectivity index is 2.75. The van der Waals surface area contributed by atoms with E-state index in [1.165, 1.54) is 58.8 Å². The van der Waals surface area contributed by atoms with Gasteiger partial charge >= 0.3 is 5.97 Å². The summed E-state index contributed by atoms with van der Waals surface area (Å²) in [6, 6.07) is 1.93. The van der Waals surface area contributed by atoms with Crippen molar-refractivity contribution < 1.29 is 38.3 Å². The molecule has 1 fully saturated rings. The highest BCUT2D eigenvalue weighted by molar-refractivity contribution is 6.44. The molecule has 1 aliphatic rings. The summed E-state index contributed by atoms with van der Waals surface area (Å²) in [5.74, 6) is -5.98. The fourth-order valence-electron chi connectivity index (χ4n) is 6.04. The Labute approximate surface area is 329 Å². The van der Waals surface area contributed by atoms with Gasteiger partial charge in [-0.25, -0.2) is 4.79 Å². The van der Waals surface area contributed by atoms with Gasteiger partial charge in [0.05, 0.1) is 0 Å². The van der Waals surface area contributed by atoms with Crippen molar-refractivity contribution in [2.75, 3.05) is 28.2 Å². The lowest BCUT2D eigenvalue weighted by Gasteiger charge is -2.37. The van der Waals surface area contributed by atoms with Crippen LogP contribution in [-0.4, -0.2) is 136 Å². The van der Waals surface area contributed by atoms with Crippen LogP contribution in [0.1, 0.15) is 67.4 Å². The number of amides is 6. The molecule has 0 radical (unpaired) electrons. The van der Waals surface area contributed by atoms with E-state index in [4.69, 9.17) is 27.9 Å². The molecule has 2 N–H and O–H groups in total. The van der Waals surface area contributed by atoms with Crippen molar-refractivity contribution in [3.63, 3.8) is 0 Å². The summed E-state index contributed by atoms with van der Waals surface area (Å²) >= 11 is 12.0. The third kappa shape index (κ3) is 11.5. The van der Waals surface area contributed by atoms with Crippen LogP contribution in [-0.2, 0) is 44.7 Å². The number of hydrogen-bond acceptors (Lipinski definition) is 8. The molecule has 0 saturated carbocycles. The molecule has 16 heteroatoms. The Morgan fingerprint density at radius 3 is 1.80 bits per heavy atom. The van der Waals surface area contributed by atoms with Gasteiger partial charge in [-0.3, -0.25) is 28.8 Å². The Kier molecular flexibility index (Phi) is 17.2. The summed E-state index contributed by atoms with van der Waals surface area (Å²) in [6.45, 7) is 13.0. The summed E-state index contributed by atoms with van der Waals surface area (Å²) in [7, 11) is 5.64. The van der Waals surface area contributed by atoms with Gasteiger partial charge in [0.25, 0.3) is 0 Å². The predicted molar refractivity (Wildman–Crippen MR) is 206 cm³/mol. The molecule has 0 aliphatic carbocycles. The second-order valence-electron chi connectivity index (χ2n) is 15.0. The molecule has 6 amide bonds. The maximum absolute atomic E-state index is 14.3.